The van der Waals surface area contributed by atoms with Crippen LogP contribution in [0.4, 0.5) is 4.39 Å². The topological polar surface area (TPSA) is 23.8 Å². The van der Waals surface area contributed by atoms with Gasteiger partial charge in [-0.1, -0.05) is 6.07 Å². The second-order valence-corrected chi connectivity index (χ2v) is 3.73. The largest absolute Gasteiger partial charge is 0.206 e. The van der Waals surface area contributed by atoms with Gasteiger partial charge in [-0.2, -0.15) is 5.26 Å². The summed E-state index contributed by atoms with van der Waals surface area (Å²) in [5, 5.41) is 10.5. The SMILES string of the molecule is N#Cc1ccc(-c2cccs2)c(F)c1. The smallest absolute Gasteiger partial charge is 0.133 e. The molecule has 0 bridgehead atoms. The average molecular weight is 203 g/mol. The van der Waals surface area contributed by atoms with E-state index < -0.39 is 0 Å². The Morgan fingerprint density at radius 1 is 1.29 bits per heavy atom. The van der Waals surface area contributed by atoms with Gasteiger partial charge >= 0.3 is 0 Å². The lowest BCUT2D eigenvalue weighted by Gasteiger charge is -1.99. The third-order valence-electron chi connectivity index (χ3n) is 1.88. The molecule has 0 amide bonds. The molecule has 0 aliphatic heterocycles. The number of halogens is 1. The molecule has 14 heavy (non-hydrogen) atoms. The van der Waals surface area contributed by atoms with Crippen LogP contribution in [0.1, 0.15) is 5.56 Å². The zero-order chi connectivity index (χ0) is 9.97. The molecule has 0 N–H and O–H groups in total. The summed E-state index contributed by atoms with van der Waals surface area (Å²) in [6.07, 6.45) is 0. The summed E-state index contributed by atoms with van der Waals surface area (Å²) < 4.78 is 13.5. The maximum absolute atomic E-state index is 13.5. The van der Waals surface area contributed by atoms with E-state index in [1.165, 1.54) is 17.4 Å². The van der Waals surface area contributed by atoms with Gasteiger partial charge in [-0.3, -0.25) is 0 Å². The zero-order valence-corrected chi connectivity index (χ0v) is 8.01. The van der Waals surface area contributed by atoms with Gasteiger partial charge in [0.15, 0.2) is 0 Å². The molecule has 2 aromatic rings. The van der Waals surface area contributed by atoms with Crippen LogP contribution in [0.15, 0.2) is 35.7 Å². The first-order valence-electron chi connectivity index (χ1n) is 4.05. The van der Waals surface area contributed by atoms with Crippen LogP contribution in [0.5, 0.6) is 0 Å². The normalized spacial score (nSPS) is 9.71. The van der Waals surface area contributed by atoms with Crippen LogP contribution >= 0.6 is 11.3 Å². The van der Waals surface area contributed by atoms with Crippen LogP contribution in [0.3, 0.4) is 0 Å². The molecule has 0 fully saturated rings. The highest BCUT2D eigenvalue weighted by atomic mass is 32.1. The third-order valence-corrected chi connectivity index (χ3v) is 2.79. The van der Waals surface area contributed by atoms with Crippen molar-refractivity contribution in [3.8, 4) is 16.5 Å². The monoisotopic (exact) mass is 203 g/mol. The van der Waals surface area contributed by atoms with Crippen LogP contribution in [-0.2, 0) is 0 Å². The summed E-state index contributed by atoms with van der Waals surface area (Å²) in [5.74, 6) is -0.341. The number of nitriles is 1. The Morgan fingerprint density at radius 3 is 2.71 bits per heavy atom. The molecule has 1 aromatic heterocycles. The van der Waals surface area contributed by atoms with Crippen molar-refractivity contribution in [2.24, 2.45) is 0 Å². The van der Waals surface area contributed by atoms with Crippen molar-refractivity contribution in [2.45, 2.75) is 0 Å². The summed E-state index contributed by atoms with van der Waals surface area (Å²) >= 11 is 1.48. The van der Waals surface area contributed by atoms with E-state index in [2.05, 4.69) is 0 Å². The molecule has 0 atom stereocenters. The predicted octanol–water partition coefficient (Wildman–Crippen LogP) is 3.43. The Morgan fingerprint density at radius 2 is 2.14 bits per heavy atom. The number of hydrogen-bond acceptors (Lipinski definition) is 2. The van der Waals surface area contributed by atoms with Crippen molar-refractivity contribution in [3.63, 3.8) is 0 Å². The summed E-state index contributed by atoms with van der Waals surface area (Å²) in [6.45, 7) is 0. The second-order valence-electron chi connectivity index (χ2n) is 2.78. The van der Waals surface area contributed by atoms with Crippen LogP contribution in [0.25, 0.3) is 10.4 Å². The molecular formula is C11H6FNS. The van der Waals surface area contributed by atoms with E-state index in [4.69, 9.17) is 5.26 Å². The fourth-order valence-electron chi connectivity index (χ4n) is 1.22. The van der Waals surface area contributed by atoms with Gasteiger partial charge in [0.25, 0.3) is 0 Å². The van der Waals surface area contributed by atoms with Crippen molar-refractivity contribution in [3.05, 3.63) is 47.1 Å². The van der Waals surface area contributed by atoms with E-state index in [0.29, 0.717) is 11.1 Å². The fraction of sp³-hybridized carbons (Fsp3) is 0. The molecule has 0 saturated carbocycles. The first-order valence-corrected chi connectivity index (χ1v) is 4.93. The highest BCUT2D eigenvalue weighted by Gasteiger charge is 2.06. The molecule has 0 aliphatic carbocycles. The van der Waals surface area contributed by atoms with Crippen LogP contribution < -0.4 is 0 Å². The molecule has 0 saturated heterocycles. The lowest BCUT2D eigenvalue weighted by atomic mass is 10.1. The van der Waals surface area contributed by atoms with Crippen molar-refractivity contribution in [1.82, 2.24) is 0 Å². The Bertz CT molecular complexity index is 482. The highest BCUT2D eigenvalue weighted by Crippen LogP contribution is 2.27. The predicted molar refractivity (Wildman–Crippen MR) is 54.4 cm³/mol. The van der Waals surface area contributed by atoms with Crippen molar-refractivity contribution in [2.75, 3.05) is 0 Å². The number of rotatable bonds is 1. The van der Waals surface area contributed by atoms with Gasteiger partial charge in [0, 0.05) is 10.4 Å². The van der Waals surface area contributed by atoms with Gasteiger partial charge in [0.1, 0.15) is 5.82 Å². The zero-order valence-electron chi connectivity index (χ0n) is 7.20. The Hall–Kier alpha value is -1.66. The lowest BCUT2D eigenvalue weighted by Crippen LogP contribution is -1.83. The van der Waals surface area contributed by atoms with Crippen molar-refractivity contribution < 1.29 is 4.39 Å². The second kappa shape index (κ2) is 3.60. The lowest BCUT2D eigenvalue weighted by molar-refractivity contribution is 0.631. The van der Waals surface area contributed by atoms with Gasteiger partial charge in [0.2, 0.25) is 0 Å². The molecule has 1 aromatic carbocycles. The Kier molecular flexibility index (Phi) is 2.30. The minimum atomic E-state index is -0.341. The first-order chi connectivity index (χ1) is 6.81. The van der Waals surface area contributed by atoms with Crippen molar-refractivity contribution in [1.29, 1.82) is 5.26 Å². The Labute approximate surface area is 85.1 Å². The van der Waals surface area contributed by atoms with E-state index in [1.807, 2.05) is 23.6 Å². The van der Waals surface area contributed by atoms with Gasteiger partial charge in [-0.25, -0.2) is 4.39 Å². The number of nitrogens with zero attached hydrogens (tertiary/aromatic N) is 1. The van der Waals surface area contributed by atoms with Crippen LogP contribution in [0.2, 0.25) is 0 Å². The van der Waals surface area contributed by atoms with E-state index >= 15 is 0 Å². The summed E-state index contributed by atoms with van der Waals surface area (Å²) in [4.78, 5) is 0.881. The van der Waals surface area contributed by atoms with Crippen LogP contribution in [0, 0.1) is 17.1 Å². The molecule has 1 nitrogen and oxygen atoms in total. The summed E-state index contributed by atoms with van der Waals surface area (Å²) in [7, 11) is 0. The molecule has 0 aliphatic rings. The molecule has 0 unspecified atom stereocenters. The minimum Gasteiger partial charge on any atom is -0.206 e. The quantitative estimate of drug-likeness (QED) is 0.696. The minimum absolute atomic E-state index is 0.341. The molecule has 2 rings (SSSR count). The first kappa shape index (κ1) is 8.92. The number of benzene rings is 1. The van der Waals surface area contributed by atoms with Gasteiger partial charge < -0.3 is 0 Å². The van der Waals surface area contributed by atoms with E-state index in [1.54, 1.807) is 12.1 Å². The van der Waals surface area contributed by atoms with Gasteiger partial charge in [0.05, 0.1) is 11.6 Å². The molecule has 68 valence electrons. The maximum Gasteiger partial charge on any atom is 0.133 e. The van der Waals surface area contributed by atoms with Gasteiger partial charge in [-0.15, -0.1) is 11.3 Å². The number of hydrogen-bond donors (Lipinski definition) is 0. The summed E-state index contributed by atoms with van der Waals surface area (Å²) in [5.41, 5.74) is 0.904. The molecule has 3 heteroatoms. The van der Waals surface area contributed by atoms with E-state index in [9.17, 15) is 4.39 Å². The Balaban J connectivity index is 2.52. The fourth-order valence-corrected chi connectivity index (χ4v) is 1.97. The standard InChI is InChI=1S/C11H6FNS/c12-10-6-8(7-13)3-4-9(10)11-2-1-5-14-11/h1-6H. The maximum atomic E-state index is 13.5. The number of thiophene rings is 1. The van der Waals surface area contributed by atoms with E-state index in [-0.39, 0.29) is 5.82 Å². The third kappa shape index (κ3) is 1.52. The van der Waals surface area contributed by atoms with Gasteiger partial charge in [-0.05, 0) is 29.6 Å². The van der Waals surface area contributed by atoms with E-state index in [0.717, 1.165) is 4.88 Å². The molecule has 0 spiro atoms. The highest BCUT2D eigenvalue weighted by molar-refractivity contribution is 7.13. The molecule has 1 heterocycles. The van der Waals surface area contributed by atoms with Crippen LogP contribution in [-0.4, -0.2) is 0 Å². The molecule has 0 radical (unpaired) electrons. The summed E-state index contributed by atoms with van der Waals surface area (Å²) in [6, 6.07) is 10.2. The van der Waals surface area contributed by atoms with Crippen molar-refractivity contribution >= 4 is 11.3 Å². The average Bonchev–Trinajstić information content (AvgIpc) is 2.70. The molecular weight excluding hydrogens is 197 g/mol.